The molecule has 0 heterocycles. The second-order valence-electron chi connectivity index (χ2n) is 9.22. The van der Waals surface area contributed by atoms with Crippen LogP contribution in [0.5, 0.6) is 0 Å². The first-order chi connectivity index (χ1) is 17.6. The van der Waals surface area contributed by atoms with Crippen molar-refractivity contribution in [2.45, 2.75) is 44.7 Å². The normalized spacial score (nSPS) is 13.9. The average Bonchev–Trinajstić information content (AvgIpc) is 2.87. The Bertz CT molecular complexity index is 1440. The summed E-state index contributed by atoms with van der Waals surface area (Å²) >= 11 is -2.73. The summed E-state index contributed by atoms with van der Waals surface area (Å²) < 4.78 is 31.5. The van der Waals surface area contributed by atoms with Gasteiger partial charge in [0.2, 0.25) is 0 Å². The summed E-state index contributed by atoms with van der Waals surface area (Å²) in [4.78, 5) is 0.206. The van der Waals surface area contributed by atoms with Crippen LogP contribution in [0, 0.1) is 27.7 Å². The van der Waals surface area contributed by atoms with Crippen LogP contribution in [0.1, 0.15) is 45.5 Å². The molecule has 2 atom stereocenters. The van der Waals surface area contributed by atoms with Gasteiger partial charge in [-0.05, 0) is 0 Å². The van der Waals surface area contributed by atoms with Crippen molar-refractivity contribution in [3.8, 4) is 0 Å². The summed E-state index contributed by atoms with van der Waals surface area (Å²) in [5.74, 6) is 0. The first kappa shape index (κ1) is 27.7. The van der Waals surface area contributed by atoms with Crippen molar-refractivity contribution in [1.82, 2.24) is 3.05 Å². The minimum atomic E-state index is -4.03. The molecule has 0 aliphatic heterocycles. The molecule has 0 saturated heterocycles. The number of hydrogen-bond acceptors (Lipinski definition) is 3. The number of rotatable bonds is 8. The van der Waals surface area contributed by atoms with Crippen molar-refractivity contribution < 1.29 is 23.6 Å². The van der Waals surface area contributed by atoms with Gasteiger partial charge in [0.15, 0.2) is 0 Å². The van der Waals surface area contributed by atoms with Gasteiger partial charge in [0.25, 0.3) is 0 Å². The van der Waals surface area contributed by atoms with Gasteiger partial charge in [-0.1, -0.05) is 0 Å². The van der Waals surface area contributed by atoms with Crippen LogP contribution in [-0.4, -0.2) is 11.5 Å². The summed E-state index contributed by atoms with van der Waals surface area (Å²) in [6.07, 6.45) is 0. The molecule has 0 aliphatic rings. The summed E-state index contributed by atoms with van der Waals surface area (Å²) in [6, 6.07) is 28.9. The van der Waals surface area contributed by atoms with Gasteiger partial charge < -0.3 is 0 Å². The molecule has 4 nitrogen and oxygen atoms in total. The number of nitrogens with zero attached hydrogens (tertiary/aromatic N) is 1. The van der Waals surface area contributed by atoms with Crippen LogP contribution in [0.4, 0.5) is 0 Å². The van der Waals surface area contributed by atoms with Crippen molar-refractivity contribution in [2.24, 2.45) is 5.73 Å². The Kier molecular flexibility index (Phi) is 8.68. The van der Waals surface area contributed by atoms with Gasteiger partial charge in [-0.3, -0.25) is 0 Å². The van der Waals surface area contributed by atoms with E-state index in [2.05, 4.69) is 12.1 Å². The Balaban J connectivity index is 2.00. The number of hydrogen-bond donors (Lipinski definition) is 1. The van der Waals surface area contributed by atoms with Gasteiger partial charge in [-0.2, -0.15) is 0 Å². The second kappa shape index (κ2) is 11.6. The third kappa shape index (κ3) is 5.90. The molecule has 0 fully saturated rings. The molecule has 0 radical (unpaired) electrons. The van der Waals surface area contributed by atoms with Crippen LogP contribution in [0.15, 0.2) is 102 Å². The fourth-order valence-electron chi connectivity index (χ4n) is 4.50. The molecule has 0 unspecified atom stereocenters. The molecule has 4 aromatic carbocycles. The van der Waals surface area contributed by atoms with Crippen molar-refractivity contribution in [3.05, 3.63) is 130 Å². The monoisotopic (exact) mass is 622 g/mol. The van der Waals surface area contributed by atoms with E-state index in [4.69, 9.17) is 15.4 Å². The van der Waals surface area contributed by atoms with E-state index in [0.717, 1.165) is 37.5 Å². The van der Waals surface area contributed by atoms with E-state index in [9.17, 15) is 8.42 Å². The molecule has 0 spiro atoms. The zero-order valence-electron chi connectivity index (χ0n) is 21.4. The van der Waals surface area contributed by atoms with Crippen molar-refractivity contribution in [1.29, 1.82) is 0 Å². The first-order valence-corrected chi connectivity index (χ1v) is 17.1. The Hall–Kier alpha value is -2.34. The van der Waals surface area contributed by atoms with E-state index < -0.39 is 37.3 Å². The van der Waals surface area contributed by atoms with E-state index in [-0.39, 0.29) is 4.90 Å². The third-order valence-corrected chi connectivity index (χ3v) is 14.6. The second-order valence-corrected chi connectivity index (χ2v) is 15.5. The van der Waals surface area contributed by atoms with Crippen LogP contribution >= 0.6 is 9.69 Å². The van der Waals surface area contributed by atoms with Crippen LogP contribution in [0.3, 0.4) is 0 Å². The molecule has 0 saturated carbocycles. The van der Waals surface area contributed by atoms with Crippen molar-refractivity contribution >= 4 is 23.9 Å². The Labute approximate surface area is 230 Å². The first-order valence-electron chi connectivity index (χ1n) is 12.0. The van der Waals surface area contributed by atoms with Gasteiger partial charge in [-0.25, -0.2) is 0 Å². The number of nitrogens with two attached hydrogens (primary N) is 1. The van der Waals surface area contributed by atoms with Gasteiger partial charge in [0.05, 0.1) is 0 Å². The quantitative estimate of drug-likeness (QED) is 0.233. The molecule has 0 aliphatic carbocycles. The molecular weight excluding hydrogens is 591 g/mol. The van der Waals surface area contributed by atoms with E-state index >= 15 is 0 Å². The Morgan fingerprint density at radius 3 is 1.73 bits per heavy atom. The number of aryl methyl sites for hydroxylation is 4. The van der Waals surface area contributed by atoms with Gasteiger partial charge in [-0.15, -0.1) is 0 Å². The standard InChI is InChI=1S/C21H21N2O2S.C9H11.ClH.Rh/c1-16-12-14-19(15-13-16)26(24,25)23-21(18-10-6-3-7-11-18)20(22)17-8-4-2-5-9-17;1-7-4-8(2)6-9(3)5-7;;/h2-15,20-21H,22H2,1H3;4-5H,1-3H3;1H;/q-1;;;+2/p-1/t20-,21-;;;/m0.../s1. The molecule has 37 heavy (non-hydrogen) atoms. The molecule has 4 rings (SSSR count). The van der Waals surface area contributed by atoms with Gasteiger partial charge in [0, 0.05) is 0 Å². The SMILES string of the molecule is Cc1ccc(S(=O)(=O)[N]([C@@H](c2ccccc2)[C@@H](N)c2ccccc2)[Rh]([Cl])[c]2c(C)cc(C)cc2C)cc1. The zero-order chi connectivity index (χ0) is 26.7. The third-order valence-electron chi connectivity index (χ3n) is 6.22. The molecule has 7 heteroatoms. The van der Waals surface area contributed by atoms with E-state index in [1.54, 1.807) is 12.1 Å². The Morgan fingerprint density at radius 1 is 0.730 bits per heavy atom. The maximum atomic E-state index is 14.5. The zero-order valence-corrected chi connectivity index (χ0v) is 24.6. The van der Waals surface area contributed by atoms with E-state index in [1.165, 1.54) is 3.05 Å². The van der Waals surface area contributed by atoms with Crippen LogP contribution < -0.4 is 9.89 Å². The summed E-state index contributed by atoms with van der Waals surface area (Å²) in [6.45, 7) is 7.97. The fourth-order valence-corrected chi connectivity index (χ4v) is 13.0. The van der Waals surface area contributed by atoms with Crippen molar-refractivity contribution in [2.75, 3.05) is 0 Å². The molecule has 0 amide bonds. The van der Waals surface area contributed by atoms with Crippen LogP contribution in [-0.2, 0) is 25.2 Å². The maximum absolute atomic E-state index is 14.5. The summed E-state index contributed by atoms with van der Waals surface area (Å²) in [7, 11) is 3.37. The number of halogens is 1. The summed E-state index contributed by atoms with van der Waals surface area (Å²) in [5, 5.41) is 0. The number of benzene rings is 4. The number of sulfonamides is 1. The molecule has 0 bridgehead atoms. The molecule has 0 aromatic heterocycles. The Morgan fingerprint density at radius 2 is 1.22 bits per heavy atom. The predicted molar refractivity (Wildman–Crippen MR) is 149 cm³/mol. The molecule has 196 valence electrons. The van der Waals surface area contributed by atoms with Crippen LogP contribution in [0.2, 0.25) is 0 Å². The minimum absolute atomic E-state index is 0.206. The van der Waals surface area contributed by atoms with Gasteiger partial charge in [0.1, 0.15) is 0 Å². The molecule has 4 aromatic rings. The van der Waals surface area contributed by atoms with Gasteiger partial charge >= 0.3 is 231 Å². The average molecular weight is 623 g/mol. The van der Waals surface area contributed by atoms with E-state index in [0.29, 0.717) is 0 Å². The molecule has 2 N–H and O–H groups in total. The van der Waals surface area contributed by atoms with E-state index in [1.807, 2.05) is 100 Å². The van der Waals surface area contributed by atoms with Crippen LogP contribution in [0.25, 0.3) is 0 Å². The summed E-state index contributed by atoms with van der Waals surface area (Å²) in [5.41, 5.74) is 12.7. The van der Waals surface area contributed by atoms with Crippen molar-refractivity contribution in [3.63, 3.8) is 0 Å². The fraction of sp³-hybridized carbons (Fsp3) is 0.200. The predicted octanol–water partition coefficient (Wildman–Crippen LogP) is 6.36. The molecular formula is C30H32ClN2O2RhS. The topological polar surface area (TPSA) is 63.4 Å².